The number of anilines is 2. The molecule has 14 nitrogen and oxygen atoms in total. The first-order valence-electron chi connectivity index (χ1n) is 12.9. The highest BCUT2D eigenvalue weighted by Crippen LogP contribution is 2.51. The van der Waals surface area contributed by atoms with Crippen LogP contribution >= 0.6 is 7.75 Å². The van der Waals surface area contributed by atoms with Gasteiger partial charge in [-0.25, -0.2) is 13.9 Å². The SMILES string of the molecule is C#C[C@]1(F)[C@H](n2cnc3c(NC)nc(N)nc32)O[C@@](C)(CO[P@@](=O)(N[C@@H](C)C(=O)OC(C)C)Oc2ccccc2)[C@H]1O. The number of halogens is 1. The monoisotopic (exact) mass is 605 g/mol. The molecule has 1 fully saturated rings. The van der Waals surface area contributed by atoms with Crippen molar-refractivity contribution in [2.45, 2.75) is 63.4 Å². The highest BCUT2D eigenvalue weighted by molar-refractivity contribution is 7.52. The van der Waals surface area contributed by atoms with Crippen LogP contribution in [0.2, 0.25) is 0 Å². The van der Waals surface area contributed by atoms with Gasteiger partial charge in [-0.3, -0.25) is 13.9 Å². The Labute approximate surface area is 241 Å². The lowest BCUT2D eigenvalue weighted by molar-refractivity contribution is -0.149. The number of esters is 1. The Morgan fingerprint density at radius 1 is 1.33 bits per heavy atom. The van der Waals surface area contributed by atoms with E-state index in [0.29, 0.717) is 0 Å². The Hall–Kier alpha value is -3.80. The van der Waals surface area contributed by atoms with Gasteiger partial charge in [0.1, 0.15) is 23.5 Å². The lowest BCUT2D eigenvalue weighted by atomic mass is 9.89. The zero-order valence-electron chi connectivity index (χ0n) is 23.6. The molecule has 6 atom stereocenters. The number of para-hydroxylation sites is 1. The summed E-state index contributed by atoms with van der Waals surface area (Å²) in [5.41, 5.74) is 1.45. The Morgan fingerprint density at radius 2 is 2.02 bits per heavy atom. The van der Waals surface area contributed by atoms with Crippen LogP contribution in [0, 0.1) is 12.3 Å². The third-order valence-electron chi connectivity index (χ3n) is 6.41. The molecule has 5 N–H and O–H groups in total. The minimum atomic E-state index is -4.38. The number of carbonyl (C=O) groups excluding carboxylic acids is 1. The van der Waals surface area contributed by atoms with E-state index in [1.165, 1.54) is 36.9 Å². The summed E-state index contributed by atoms with van der Waals surface area (Å²) in [6.45, 7) is 5.38. The first-order chi connectivity index (χ1) is 19.7. The summed E-state index contributed by atoms with van der Waals surface area (Å²) >= 11 is 0. The van der Waals surface area contributed by atoms with Gasteiger partial charge in [-0.1, -0.05) is 24.1 Å². The second-order valence-electron chi connectivity index (χ2n) is 10.1. The smallest absolute Gasteiger partial charge is 0.459 e. The highest BCUT2D eigenvalue weighted by Gasteiger charge is 2.64. The summed E-state index contributed by atoms with van der Waals surface area (Å²) in [5, 5.41) is 16.5. The fraction of sp³-hybridized carbons (Fsp3) is 0.462. The van der Waals surface area contributed by atoms with Crippen molar-refractivity contribution in [1.82, 2.24) is 24.6 Å². The number of ether oxygens (including phenoxy) is 2. The predicted octanol–water partition coefficient (Wildman–Crippen LogP) is 2.57. The number of alkyl halides is 1. The molecule has 0 radical (unpaired) electrons. The van der Waals surface area contributed by atoms with Crippen LogP contribution in [0.5, 0.6) is 5.75 Å². The number of imidazole rings is 1. The van der Waals surface area contributed by atoms with Gasteiger partial charge in [0, 0.05) is 7.05 Å². The van der Waals surface area contributed by atoms with Gasteiger partial charge >= 0.3 is 13.7 Å². The minimum absolute atomic E-state index is 0.0868. The number of aromatic nitrogens is 4. The molecule has 0 unspecified atom stereocenters. The number of terminal acetylenes is 1. The van der Waals surface area contributed by atoms with Gasteiger partial charge in [0.05, 0.1) is 19.0 Å². The molecule has 2 aromatic heterocycles. The molecular weight excluding hydrogens is 572 g/mol. The molecule has 0 amide bonds. The van der Waals surface area contributed by atoms with Crippen molar-refractivity contribution in [2.24, 2.45) is 0 Å². The number of nitrogens with zero attached hydrogens (tertiary/aromatic N) is 4. The fourth-order valence-corrected chi connectivity index (χ4v) is 5.92. The standard InChI is InChI=1S/C26H33FN7O7P/c1-7-26(27)22(36)25(5,40-23(26)34-14-30-18-19(29-6)31-24(28)32-20(18)34)13-38-42(37,41-17-11-9-8-10-12-17)33-16(4)21(35)39-15(2)3/h1,8-12,14-16,22-23,36H,13H2,2-6H3,(H,33,37)(H3,28,29,31,32)/t16-,22+,23+,25-,26+,42-/m0/s1. The maximum Gasteiger partial charge on any atom is 0.459 e. The van der Waals surface area contributed by atoms with E-state index in [1.807, 2.05) is 5.92 Å². The van der Waals surface area contributed by atoms with E-state index in [0.717, 1.165) is 0 Å². The van der Waals surface area contributed by atoms with E-state index in [-0.39, 0.29) is 28.7 Å². The molecule has 0 aliphatic carbocycles. The fourth-order valence-electron chi connectivity index (χ4n) is 4.33. The zero-order chi connectivity index (χ0) is 30.9. The number of aliphatic hydroxyl groups excluding tert-OH is 1. The zero-order valence-corrected chi connectivity index (χ0v) is 24.5. The first kappa shape index (κ1) is 31.1. The van der Waals surface area contributed by atoms with Crippen LogP contribution in [0.1, 0.15) is 33.9 Å². The molecule has 0 bridgehead atoms. The number of fused-ring (bicyclic) bond motifs is 1. The third-order valence-corrected chi connectivity index (χ3v) is 8.04. The van der Waals surface area contributed by atoms with E-state index in [4.69, 9.17) is 30.7 Å². The number of rotatable bonds is 11. The Kier molecular flexibility index (Phi) is 8.77. The number of nitrogens with two attached hydrogens (primary N) is 1. The van der Waals surface area contributed by atoms with E-state index in [9.17, 15) is 14.5 Å². The normalized spacial score (nSPS) is 26.0. The average molecular weight is 606 g/mol. The van der Waals surface area contributed by atoms with E-state index in [2.05, 4.69) is 25.4 Å². The van der Waals surface area contributed by atoms with E-state index < -0.39 is 56.1 Å². The molecule has 1 saturated heterocycles. The van der Waals surface area contributed by atoms with Gasteiger partial charge < -0.3 is 30.2 Å². The molecular formula is C26H33FN7O7P. The summed E-state index contributed by atoms with van der Waals surface area (Å²) in [6, 6.07) is 6.91. The van der Waals surface area contributed by atoms with Crippen molar-refractivity contribution in [1.29, 1.82) is 0 Å². The predicted molar refractivity (Wildman–Crippen MR) is 151 cm³/mol. The quantitative estimate of drug-likeness (QED) is 0.142. The summed E-state index contributed by atoms with van der Waals surface area (Å²) in [5.74, 6) is 1.58. The van der Waals surface area contributed by atoms with Gasteiger partial charge in [0.2, 0.25) is 11.6 Å². The van der Waals surface area contributed by atoms with Crippen molar-refractivity contribution in [3.8, 4) is 18.1 Å². The summed E-state index contributed by atoms with van der Waals surface area (Å²) in [4.78, 5) is 24.9. The average Bonchev–Trinajstić information content (AvgIpc) is 3.44. The molecule has 4 rings (SSSR count). The van der Waals surface area contributed by atoms with Crippen molar-refractivity contribution < 1.29 is 37.4 Å². The number of hydrogen-bond acceptors (Lipinski definition) is 12. The Bertz CT molecular complexity index is 1530. The van der Waals surface area contributed by atoms with Crippen LogP contribution in [-0.2, 0) is 23.4 Å². The van der Waals surface area contributed by atoms with Crippen molar-refractivity contribution in [3.63, 3.8) is 0 Å². The Balaban J connectivity index is 1.64. The van der Waals surface area contributed by atoms with Gasteiger partial charge in [0.25, 0.3) is 0 Å². The first-order valence-corrected chi connectivity index (χ1v) is 14.5. The summed E-state index contributed by atoms with van der Waals surface area (Å²) in [6.07, 6.45) is 2.72. The van der Waals surface area contributed by atoms with E-state index >= 15 is 4.39 Å². The molecule has 16 heteroatoms. The highest BCUT2D eigenvalue weighted by atomic mass is 31.2. The topological polar surface area (TPSA) is 185 Å². The Morgan fingerprint density at radius 3 is 2.64 bits per heavy atom. The van der Waals surface area contributed by atoms with Crippen LogP contribution in [0.3, 0.4) is 0 Å². The number of nitrogens with one attached hydrogen (secondary N) is 2. The molecule has 226 valence electrons. The number of aliphatic hydroxyl groups is 1. The van der Waals surface area contributed by atoms with Gasteiger partial charge in [-0.2, -0.15) is 15.1 Å². The molecule has 3 aromatic rings. The maximum absolute atomic E-state index is 16.4. The number of carbonyl (C=O) groups is 1. The number of benzene rings is 1. The van der Waals surface area contributed by atoms with Crippen LogP contribution in [0.15, 0.2) is 36.7 Å². The lowest BCUT2D eigenvalue weighted by Gasteiger charge is -2.30. The molecule has 1 aliphatic heterocycles. The summed E-state index contributed by atoms with van der Waals surface area (Å²) in [7, 11) is -2.79. The van der Waals surface area contributed by atoms with Crippen LogP contribution in [0.25, 0.3) is 11.2 Å². The maximum atomic E-state index is 16.4. The molecule has 42 heavy (non-hydrogen) atoms. The minimum Gasteiger partial charge on any atom is -0.462 e. The second-order valence-corrected chi connectivity index (χ2v) is 11.8. The van der Waals surface area contributed by atoms with Crippen LogP contribution in [0.4, 0.5) is 16.2 Å². The van der Waals surface area contributed by atoms with Gasteiger partial charge in [0.15, 0.2) is 23.2 Å². The second kappa shape index (κ2) is 11.8. The third kappa shape index (κ3) is 6.04. The van der Waals surface area contributed by atoms with Crippen molar-refractivity contribution in [2.75, 3.05) is 24.7 Å². The molecule has 3 heterocycles. The largest absolute Gasteiger partial charge is 0.462 e. The lowest BCUT2D eigenvalue weighted by Crippen LogP contribution is -2.49. The van der Waals surface area contributed by atoms with E-state index in [1.54, 1.807) is 39.1 Å². The van der Waals surface area contributed by atoms with Crippen LogP contribution < -0.4 is 20.7 Å². The molecule has 1 aliphatic rings. The van der Waals surface area contributed by atoms with Crippen molar-refractivity contribution in [3.05, 3.63) is 36.7 Å². The van der Waals surface area contributed by atoms with Gasteiger partial charge in [-0.05, 0) is 39.8 Å². The number of nitrogen functional groups attached to an aromatic ring is 1. The molecule has 0 spiro atoms. The van der Waals surface area contributed by atoms with Gasteiger partial charge in [-0.15, -0.1) is 6.42 Å². The molecule has 1 aromatic carbocycles. The summed E-state index contributed by atoms with van der Waals surface area (Å²) < 4.78 is 54.0. The van der Waals surface area contributed by atoms with Crippen molar-refractivity contribution >= 4 is 36.6 Å². The van der Waals surface area contributed by atoms with Crippen LogP contribution in [-0.4, -0.2) is 73.8 Å². The molecule has 0 saturated carbocycles. The number of hydrogen-bond donors (Lipinski definition) is 4.